The molecule has 2 rings (SSSR count). The van der Waals surface area contributed by atoms with Gasteiger partial charge < -0.3 is 15.8 Å². The number of amides is 1. The Labute approximate surface area is 123 Å². The van der Waals surface area contributed by atoms with E-state index in [9.17, 15) is 4.79 Å². The Morgan fingerprint density at radius 3 is 2.58 bits per heavy atom. The second kappa shape index (κ2) is 6.65. The number of rotatable bonds is 3. The zero-order chi connectivity index (χ0) is 13.2. The van der Waals surface area contributed by atoms with Gasteiger partial charge in [-0.05, 0) is 26.7 Å². The molecular weight excluding hydrogens is 286 g/mol. The molecule has 3 N–H and O–H groups in total. The Morgan fingerprint density at radius 1 is 1.47 bits per heavy atom. The predicted molar refractivity (Wildman–Crippen MR) is 79.0 cm³/mol. The molecule has 0 aliphatic carbocycles. The molecule has 1 saturated heterocycles. The lowest BCUT2D eigenvalue weighted by molar-refractivity contribution is -0.130. The van der Waals surface area contributed by atoms with Crippen LogP contribution in [0.4, 0.5) is 5.13 Å². The van der Waals surface area contributed by atoms with Gasteiger partial charge in [-0.25, -0.2) is 4.98 Å². The van der Waals surface area contributed by atoms with Gasteiger partial charge >= 0.3 is 0 Å². The Hall–Kier alpha value is -0.690. The van der Waals surface area contributed by atoms with Crippen molar-refractivity contribution in [2.24, 2.45) is 11.1 Å². The van der Waals surface area contributed by atoms with E-state index in [1.807, 2.05) is 13.8 Å². The number of hydrogen-bond donors (Lipinski definition) is 2. The third-order valence-corrected chi connectivity index (χ3v) is 4.56. The van der Waals surface area contributed by atoms with E-state index in [-0.39, 0.29) is 18.3 Å². The van der Waals surface area contributed by atoms with Crippen LogP contribution in [0, 0.1) is 19.3 Å². The minimum absolute atomic E-state index is 0. The van der Waals surface area contributed by atoms with Crippen molar-refractivity contribution in [3.63, 3.8) is 0 Å². The number of carbonyl (C=O) groups is 1. The van der Waals surface area contributed by atoms with E-state index >= 15 is 0 Å². The molecule has 1 aliphatic rings. The van der Waals surface area contributed by atoms with E-state index in [0.717, 1.165) is 10.6 Å². The molecule has 2 heterocycles. The number of ether oxygens (including phenoxy) is 1. The van der Waals surface area contributed by atoms with E-state index in [1.54, 1.807) is 0 Å². The fourth-order valence-electron chi connectivity index (χ4n) is 2.04. The van der Waals surface area contributed by atoms with Crippen LogP contribution in [0.15, 0.2) is 0 Å². The van der Waals surface area contributed by atoms with Gasteiger partial charge in [-0.3, -0.25) is 4.79 Å². The Morgan fingerprint density at radius 2 is 2.11 bits per heavy atom. The molecule has 1 amide bonds. The first kappa shape index (κ1) is 16.4. The van der Waals surface area contributed by atoms with E-state index in [4.69, 9.17) is 10.5 Å². The van der Waals surface area contributed by atoms with Crippen molar-refractivity contribution in [2.45, 2.75) is 26.7 Å². The summed E-state index contributed by atoms with van der Waals surface area (Å²) in [6.45, 7) is 5.48. The average molecular weight is 306 g/mol. The summed E-state index contributed by atoms with van der Waals surface area (Å²) in [5, 5.41) is 3.56. The molecule has 0 spiro atoms. The summed E-state index contributed by atoms with van der Waals surface area (Å²) >= 11 is 1.50. The topological polar surface area (TPSA) is 77.2 Å². The number of hydrogen-bond acceptors (Lipinski definition) is 5. The molecule has 0 aromatic carbocycles. The first-order valence-electron chi connectivity index (χ1n) is 6.11. The number of nitrogens with one attached hydrogen (secondary N) is 1. The lowest BCUT2D eigenvalue weighted by Crippen LogP contribution is -2.46. The maximum absolute atomic E-state index is 12.4. The summed E-state index contributed by atoms with van der Waals surface area (Å²) in [5.74, 6) is -0.0259. The Bertz CT molecular complexity index is 425. The third kappa shape index (κ3) is 3.45. The van der Waals surface area contributed by atoms with Gasteiger partial charge in [0.2, 0.25) is 5.91 Å². The summed E-state index contributed by atoms with van der Waals surface area (Å²) in [6, 6.07) is 0. The second-order valence-electron chi connectivity index (χ2n) is 4.71. The SMILES string of the molecule is Cc1nc(NC(=O)C2(CN)CCOCC2)sc1C.Cl. The van der Waals surface area contributed by atoms with Crippen molar-refractivity contribution in [3.8, 4) is 0 Å². The monoisotopic (exact) mass is 305 g/mol. The largest absolute Gasteiger partial charge is 0.381 e. The molecular formula is C12H20ClN3O2S. The lowest BCUT2D eigenvalue weighted by atomic mass is 9.79. The van der Waals surface area contributed by atoms with Crippen LogP contribution in [0.1, 0.15) is 23.4 Å². The molecule has 1 aromatic heterocycles. The summed E-state index contributed by atoms with van der Waals surface area (Å²) in [5.41, 5.74) is 6.26. The van der Waals surface area contributed by atoms with Gasteiger partial charge in [-0.1, -0.05) is 0 Å². The fourth-order valence-corrected chi connectivity index (χ4v) is 2.85. The van der Waals surface area contributed by atoms with Crippen LogP contribution in [0.25, 0.3) is 0 Å². The van der Waals surface area contributed by atoms with Gasteiger partial charge in [0.05, 0.1) is 11.1 Å². The lowest BCUT2D eigenvalue weighted by Gasteiger charge is -2.34. The highest BCUT2D eigenvalue weighted by Gasteiger charge is 2.39. The van der Waals surface area contributed by atoms with Crippen LogP contribution in [-0.4, -0.2) is 30.6 Å². The number of halogens is 1. The molecule has 5 nitrogen and oxygen atoms in total. The summed E-state index contributed by atoms with van der Waals surface area (Å²) in [4.78, 5) is 17.8. The molecule has 0 radical (unpaired) electrons. The Balaban J connectivity index is 0.00000180. The molecule has 1 aromatic rings. The van der Waals surface area contributed by atoms with Gasteiger partial charge in [0.15, 0.2) is 5.13 Å². The number of nitrogens with two attached hydrogens (primary N) is 1. The average Bonchev–Trinajstić information content (AvgIpc) is 2.69. The molecule has 0 saturated carbocycles. The van der Waals surface area contributed by atoms with Gasteiger partial charge in [0.25, 0.3) is 0 Å². The first-order valence-corrected chi connectivity index (χ1v) is 6.92. The number of nitrogens with zero attached hydrogens (tertiary/aromatic N) is 1. The van der Waals surface area contributed by atoms with E-state index in [1.165, 1.54) is 11.3 Å². The normalized spacial score (nSPS) is 17.6. The van der Waals surface area contributed by atoms with Gasteiger partial charge in [0.1, 0.15) is 0 Å². The predicted octanol–water partition coefficient (Wildman–Crippen LogP) is 1.88. The minimum atomic E-state index is -0.494. The maximum Gasteiger partial charge on any atom is 0.233 e. The number of carbonyl (C=O) groups excluding carboxylic acids is 1. The van der Waals surface area contributed by atoms with Crippen LogP contribution < -0.4 is 11.1 Å². The van der Waals surface area contributed by atoms with E-state index in [0.29, 0.717) is 37.7 Å². The van der Waals surface area contributed by atoms with Gasteiger partial charge in [-0.15, -0.1) is 23.7 Å². The highest BCUT2D eigenvalue weighted by atomic mass is 35.5. The highest BCUT2D eigenvalue weighted by Crippen LogP contribution is 2.32. The molecule has 0 atom stereocenters. The van der Waals surface area contributed by atoms with Crippen molar-refractivity contribution in [1.29, 1.82) is 0 Å². The first-order chi connectivity index (χ1) is 8.57. The molecule has 0 bridgehead atoms. The molecule has 0 unspecified atom stereocenters. The molecule has 108 valence electrons. The van der Waals surface area contributed by atoms with Crippen molar-refractivity contribution >= 4 is 34.8 Å². The maximum atomic E-state index is 12.4. The van der Waals surface area contributed by atoms with Crippen LogP contribution in [0.3, 0.4) is 0 Å². The minimum Gasteiger partial charge on any atom is -0.381 e. The molecule has 1 fully saturated rings. The highest BCUT2D eigenvalue weighted by molar-refractivity contribution is 7.15. The van der Waals surface area contributed by atoms with Crippen LogP contribution in [-0.2, 0) is 9.53 Å². The second-order valence-corrected chi connectivity index (χ2v) is 5.91. The number of aromatic nitrogens is 1. The van der Waals surface area contributed by atoms with Gasteiger partial charge in [-0.2, -0.15) is 0 Å². The third-order valence-electron chi connectivity index (χ3n) is 3.57. The number of anilines is 1. The number of thiazole rings is 1. The van der Waals surface area contributed by atoms with Gasteiger partial charge in [0, 0.05) is 24.6 Å². The van der Waals surface area contributed by atoms with Crippen LogP contribution >= 0.6 is 23.7 Å². The van der Waals surface area contributed by atoms with E-state index in [2.05, 4.69) is 10.3 Å². The summed E-state index contributed by atoms with van der Waals surface area (Å²) < 4.78 is 5.30. The smallest absolute Gasteiger partial charge is 0.233 e. The Kier molecular flexibility index (Phi) is 5.73. The van der Waals surface area contributed by atoms with Crippen LogP contribution in [0.2, 0.25) is 0 Å². The van der Waals surface area contributed by atoms with Crippen LogP contribution in [0.5, 0.6) is 0 Å². The van der Waals surface area contributed by atoms with Crippen molar-refractivity contribution < 1.29 is 9.53 Å². The number of aryl methyl sites for hydroxylation is 2. The van der Waals surface area contributed by atoms with E-state index < -0.39 is 5.41 Å². The summed E-state index contributed by atoms with van der Waals surface area (Å²) in [6.07, 6.45) is 1.36. The molecule has 7 heteroatoms. The molecule has 19 heavy (non-hydrogen) atoms. The fraction of sp³-hybridized carbons (Fsp3) is 0.667. The van der Waals surface area contributed by atoms with Crippen molar-refractivity contribution in [1.82, 2.24) is 4.98 Å². The molecule has 1 aliphatic heterocycles. The zero-order valence-electron chi connectivity index (χ0n) is 11.2. The van der Waals surface area contributed by atoms with Crippen molar-refractivity contribution in [3.05, 3.63) is 10.6 Å². The zero-order valence-corrected chi connectivity index (χ0v) is 12.8. The summed E-state index contributed by atoms with van der Waals surface area (Å²) in [7, 11) is 0. The standard InChI is InChI=1S/C12H19N3O2S.ClH/c1-8-9(2)18-11(14-8)15-10(16)12(7-13)3-5-17-6-4-12;/h3-7,13H2,1-2H3,(H,14,15,16);1H. The quantitative estimate of drug-likeness (QED) is 0.894. The van der Waals surface area contributed by atoms with Crippen molar-refractivity contribution in [2.75, 3.05) is 25.1 Å².